The van der Waals surface area contributed by atoms with Gasteiger partial charge in [0, 0.05) is 34.7 Å². The lowest BCUT2D eigenvalue weighted by atomic mass is 10.0. The average molecular weight is 385 g/mol. The lowest BCUT2D eigenvalue weighted by molar-refractivity contribution is 0.526. The Bertz CT molecular complexity index is 1080. The van der Waals surface area contributed by atoms with E-state index in [2.05, 4.69) is 103 Å². The summed E-state index contributed by atoms with van der Waals surface area (Å²) in [5.41, 5.74) is 5.13. The topological polar surface area (TPSA) is 8.17 Å². The van der Waals surface area contributed by atoms with Crippen molar-refractivity contribution >= 4 is 27.5 Å². The smallest absolute Gasteiger partial charge is 0.0561 e. The Kier molecular flexibility index (Phi) is 5.89. The Morgan fingerprint density at radius 3 is 2.21 bits per heavy atom. The fourth-order valence-corrected chi connectivity index (χ4v) is 4.67. The Balaban J connectivity index is 1.94. The van der Waals surface area contributed by atoms with E-state index >= 15 is 0 Å². The van der Waals surface area contributed by atoms with Crippen molar-refractivity contribution in [2.45, 2.75) is 52.5 Å². The number of benzene rings is 3. The van der Waals surface area contributed by atoms with Crippen molar-refractivity contribution in [3.8, 4) is 5.69 Å². The van der Waals surface area contributed by atoms with Crippen molar-refractivity contribution in [3.05, 3.63) is 72.8 Å². The van der Waals surface area contributed by atoms with Gasteiger partial charge in [-0.05, 0) is 49.6 Å². The van der Waals surface area contributed by atoms with Crippen molar-refractivity contribution in [2.75, 3.05) is 11.4 Å². The van der Waals surface area contributed by atoms with E-state index in [9.17, 15) is 0 Å². The summed E-state index contributed by atoms with van der Waals surface area (Å²) in [6.45, 7) is 8.01. The van der Waals surface area contributed by atoms with Crippen LogP contribution in [0.2, 0.25) is 0 Å². The second-order valence-corrected chi connectivity index (χ2v) is 7.93. The summed E-state index contributed by atoms with van der Waals surface area (Å²) in [6, 6.07) is 27.2. The Morgan fingerprint density at radius 1 is 0.759 bits per heavy atom. The van der Waals surface area contributed by atoms with Gasteiger partial charge in [-0.25, -0.2) is 0 Å². The Labute approximate surface area is 174 Å². The van der Waals surface area contributed by atoms with Crippen LogP contribution in [-0.4, -0.2) is 17.2 Å². The second-order valence-electron chi connectivity index (χ2n) is 7.93. The molecule has 1 unspecified atom stereocenters. The predicted molar refractivity (Wildman–Crippen MR) is 127 cm³/mol. The number of hydrogen-bond donors (Lipinski definition) is 0. The molecule has 0 N–H and O–H groups in total. The summed E-state index contributed by atoms with van der Waals surface area (Å²) >= 11 is 0. The van der Waals surface area contributed by atoms with Crippen LogP contribution in [0, 0.1) is 0 Å². The molecule has 150 valence electrons. The van der Waals surface area contributed by atoms with Crippen molar-refractivity contribution in [3.63, 3.8) is 0 Å². The maximum Gasteiger partial charge on any atom is 0.0561 e. The molecule has 3 aromatic carbocycles. The molecule has 0 saturated carbocycles. The zero-order valence-electron chi connectivity index (χ0n) is 17.9. The zero-order valence-corrected chi connectivity index (χ0v) is 17.9. The summed E-state index contributed by atoms with van der Waals surface area (Å²) in [7, 11) is 0. The van der Waals surface area contributed by atoms with Gasteiger partial charge in [0.15, 0.2) is 0 Å². The molecular weight excluding hydrogens is 352 g/mol. The first kappa shape index (κ1) is 19.6. The number of para-hydroxylation sites is 2. The van der Waals surface area contributed by atoms with E-state index in [1.807, 2.05) is 0 Å². The van der Waals surface area contributed by atoms with Gasteiger partial charge in [0.05, 0.1) is 11.0 Å². The van der Waals surface area contributed by atoms with E-state index in [-0.39, 0.29) is 0 Å². The quantitative estimate of drug-likeness (QED) is 0.304. The molecule has 2 heteroatoms. The summed E-state index contributed by atoms with van der Waals surface area (Å²) in [5, 5.41) is 2.65. The van der Waals surface area contributed by atoms with E-state index in [1.165, 1.54) is 58.9 Å². The minimum atomic E-state index is 0.604. The third kappa shape index (κ3) is 3.64. The van der Waals surface area contributed by atoms with Crippen LogP contribution in [0.25, 0.3) is 27.5 Å². The zero-order chi connectivity index (χ0) is 20.2. The molecule has 2 nitrogen and oxygen atoms in total. The van der Waals surface area contributed by atoms with Crippen LogP contribution in [0.3, 0.4) is 0 Å². The highest BCUT2D eigenvalue weighted by molar-refractivity contribution is 6.10. The third-order valence-electron chi connectivity index (χ3n) is 6.00. The van der Waals surface area contributed by atoms with Crippen LogP contribution < -0.4 is 4.90 Å². The summed E-state index contributed by atoms with van der Waals surface area (Å²) in [6.07, 6.45) is 4.83. The highest BCUT2D eigenvalue weighted by Crippen LogP contribution is 2.35. The average Bonchev–Trinajstić information content (AvgIpc) is 3.10. The fourth-order valence-electron chi connectivity index (χ4n) is 4.67. The molecule has 1 atom stereocenters. The molecule has 1 heterocycles. The van der Waals surface area contributed by atoms with Gasteiger partial charge in [-0.3, -0.25) is 0 Å². The van der Waals surface area contributed by atoms with Crippen LogP contribution in [-0.2, 0) is 0 Å². The van der Waals surface area contributed by atoms with E-state index in [0.717, 1.165) is 6.54 Å². The molecule has 0 radical (unpaired) electrons. The molecule has 0 bridgehead atoms. The molecule has 0 saturated heterocycles. The molecule has 4 rings (SSSR count). The monoisotopic (exact) mass is 384 g/mol. The Hall–Kier alpha value is -2.74. The number of anilines is 1. The lowest BCUT2D eigenvalue weighted by Gasteiger charge is -2.33. The maximum absolute atomic E-state index is 2.63. The summed E-state index contributed by atoms with van der Waals surface area (Å²) in [5.74, 6) is 0. The van der Waals surface area contributed by atoms with E-state index in [1.54, 1.807) is 0 Å². The molecule has 0 aliphatic carbocycles. The number of hydrogen-bond acceptors (Lipinski definition) is 1. The van der Waals surface area contributed by atoms with Crippen LogP contribution in [0.5, 0.6) is 0 Å². The van der Waals surface area contributed by atoms with Gasteiger partial charge in [-0.15, -0.1) is 0 Å². The summed E-state index contributed by atoms with van der Waals surface area (Å²) in [4.78, 5) is 2.63. The molecule has 0 aliphatic heterocycles. The molecule has 0 amide bonds. The van der Waals surface area contributed by atoms with Gasteiger partial charge in [-0.2, -0.15) is 0 Å². The molecule has 29 heavy (non-hydrogen) atoms. The van der Waals surface area contributed by atoms with Crippen molar-refractivity contribution < 1.29 is 0 Å². The van der Waals surface area contributed by atoms with Crippen molar-refractivity contribution in [1.82, 2.24) is 4.57 Å². The van der Waals surface area contributed by atoms with E-state index in [0.29, 0.717) is 6.04 Å². The number of nitrogens with zero attached hydrogens (tertiary/aromatic N) is 2. The van der Waals surface area contributed by atoms with Crippen LogP contribution in [0.15, 0.2) is 72.8 Å². The lowest BCUT2D eigenvalue weighted by Crippen LogP contribution is -2.35. The SMILES string of the molecule is CCCC(CC)N(CCC)c1ccc2c3ccccc3n(-c3ccccc3)c2c1. The number of fused-ring (bicyclic) bond motifs is 3. The second kappa shape index (κ2) is 8.73. The summed E-state index contributed by atoms with van der Waals surface area (Å²) < 4.78 is 2.42. The van der Waals surface area contributed by atoms with Crippen LogP contribution in [0.1, 0.15) is 46.5 Å². The van der Waals surface area contributed by atoms with Crippen molar-refractivity contribution in [1.29, 1.82) is 0 Å². The first-order valence-electron chi connectivity index (χ1n) is 11.1. The van der Waals surface area contributed by atoms with Crippen LogP contribution >= 0.6 is 0 Å². The molecule has 0 spiro atoms. The number of aromatic nitrogens is 1. The first-order chi connectivity index (χ1) is 14.3. The van der Waals surface area contributed by atoms with E-state index < -0.39 is 0 Å². The van der Waals surface area contributed by atoms with Gasteiger partial charge in [-0.1, -0.05) is 69.7 Å². The minimum absolute atomic E-state index is 0.604. The maximum atomic E-state index is 2.63. The molecule has 0 aliphatic rings. The van der Waals surface area contributed by atoms with Gasteiger partial charge >= 0.3 is 0 Å². The van der Waals surface area contributed by atoms with Gasteiger partial charge in [0.1, 0.15) is 0 Å². The predicted octanol–water partition coefficient (Wildman–Crippen LogP) is 7.58. The molecule has 1 aromatic heterocycles. The van der Waals surface area contributed by atoms with Crippen molar-refractivity contribution in [2.24, 2.45) is 0 Å². The molecule has 0 fully saturated rings. The number of rotatable bonds is 8. The largest absolute Gasteiger partial charge is 0.369 e. The van der Waals surface area contributed by atoms with Gasteiger partial charge in [0.25, 0.3) is 0 Å². The van der Waals surface area contributed by atoms with Gasteiger partial charge < -0.3 is 9.47 Å². The molecular formula is C27H32N2. The minimum Gasteiger partial charge on any atom is -0.369 e. The third-order valence-corrected chi connectivity index (χ3v) is 6.00. The highest BCUT2D eigenvalue weighted by Gasteiger charge is 2.18. The normalized spacial score (nSPS) is 12.5. The first-order valence-corrected chi connectivity index (χ1v) is 11.1. The molecule has 4 aromatic rings. The van der Waals surface area contributed by atoms with Crippen LogP contribution in [0.4, 0.5) is 5.69 Å². The fraction of sp³-hybridized carbons (Fsp3) is 0.333. The highest BCUT2D eigenvalue weighted by atomic mass is 15.2. The standard InChI is InChI=1S/C27H32N2/c1-4-12-21(6-3)28(19-5-2)23-17-18-25-24-15-10-11-16-26(24)29(27(25)20-23)22-13-8-7-9-14-22/h7-11,13-18,20-21H,4-6,12,19H2,1-3H3. The van der Waals surface area contributed by atoms with E-state index in [4.69, 9.17) is 0 Å². The van der Waals surface area contributed by atoms with Gasteiger partial charge in [0.2, 0.25) is 0 Å². The Morgan fingerprint density at radius 2 is 1.48 bits per heavy atom.